The van der Waals surface area contributed by atoms with Crippen molar-refractivity contribution in [1.82, 2.24) is 14.8 Å². The molecule has 1 N–H and O–H groups in total. The number of pyridine rings is 1. The molecule has 0 unspecified atom stereocenters. The van der Waals surface area contributed by atoms with Crippen LogP contribution in [0.3, 0.4) is 0 Å². The molecule has 1 amide bonds. The minimum atomic E-state index is -0.0285. The standard InChI is InChI=1S/C19H21N5O/c1-2-23-9-11-24(12-10-23)19(25)18-13-17(7-8-21-18)22-16-5-3-15(14-20)4-6-16/h3-8,13H,2,9-12H2,1H3,(H,21,22). The van der Waals surface area contributed by atoms with Crippen molar-refractivity contribution >= 4 is 17.3 Å². The van der Waals surface area contributed by atoms with Crippen molar-refractivity contribution < 1.29 is 4.79 Å². The lowest BCUT2D eigenvalue weighted by Gasteiger charge is -2.33. The van der Waals surface area contributed by atoms with E-state index in [9.17, 15) is 4.79 Å². The normalized spacial score (nSPS) is 14.8. The molecule has 1 aromatic heterocycles. The number of likely N-dealkylation sites (N-methyl/N-ethyl adjacent to an activating group) is 1. The second-order valence-electron chi connectivity index (χ2n) is 5.97. The fourth-order valence-corrected chi connectivity index (χ4v) is 2.85. The van der Waals surface area contributed by atoms with Crippen LogP contribution in [0.15, 0.2) is 42.6 Å². The van der Waals surface area contributed by atoms with Gasteiger partial charge in [0.2, 0.25) is 0 Å². The highest BCUT2D eigenvalue weighted by molar-refractivity contribution is 5.93. The molecule has 0 saturated carbocycles. The summed E-state index contributed by atoms with van der Waals surface area (Å²) in [5.41, 5.74) is 2.72. The van der Waals surface area contributed by atoms with Crippen LogP contribution in [0.25, 0.3) is 0 Å². The van der Waals surface area contributed by atoms with Crippen LogP contribution in [-0.4, -0.2) is 53.4 Å². The quantitative estimate of drug-likeness (QED) is 0.929. The van der Waals surface area contributed by atoms with Crippen molar-refractivity contribution in [2.24, 2.45) is 0 Å². The third-order valence-corrected chi connectivity index (χ3v) is 4.39. The van der Waals surface area contributed by atoms with Gasteiger partial charge >= 0.3 is 0 Å². The number of hydrogen-bond donors (Lipinski definition) is 1. The molecule has 1 aliphatic rings. The minimum Gasteiger partial charge on any atom is -0.355 e. The highest BCUT2D eigenvalue weighted by atomic mass is 16.2. The molecule has 1 aliphatic heterocycles. The number of piperazine rings is 1. The summed E-state index contributed by atoms with van der Waals surface area (Å²) in [6, 6.07) is 12.9. The molecule has 6 heteroatoms. The Morgan fingerprint density at radius 3 is 2.52 bits per heavy atom. The number of aromatic nitrogens is 1. The van der Waals surface area contributed by atoms with E-state index in [1.165, 1.54) is 0 Å². The van der Waals surface area contributed by atoms with Gasteiger partial charge in [0, 0.05) is 43.8 Å². The van der Waals surface area contributed by atoms with Crippen LogP contribution < -0.4 is 5.32 Å². The number of benzene rings is 1. The van der Waals surface area contributed by atoms with Gasteiger partial charge in [-0.2, -0.15) is 5.26 Å². The first kappa shape index (κ1) is 16.9. The lowest BCUT2D eigenvalue weighted by molar-refractivity contribution is 0.0637. The number of hydrogen-bond acceptors (Lipinski definition) is 5. The summed E-state index contributed by atoms with van der Waals surface area (Å²) in [4.78, 5) is 21.1. The van der Waals surface area contributed by atoms with Gasteiger partial charge in [-0.1, -0.05) is 6.92 Å². The Morgan fingerprint density at radius 1 is 1.16 bits per heavy atom. The van der Waals surface area contributed by atoms with Crippen LogP contribution in [0, 0.1) is 11.3 Å². The number of amides is 1. The van der Waals surface area contributed by atoms with Gasteiger partial charge in [-0.15, -0.1) is 0 Å². The van der Waals surface area contributed by atoms with Crippen LogP contribution >= 0.6 is 0 Å². The number of carbonyl (C=O) groups excluding carboxylic acids is 1. The zero-order valence-corrected chi connectivity index (χ0v) is 14.3. The summed E-state index contributed by atoms with van der Waals surface area (Å²) in [6.45, 7) is 6.45. The minimum absolute atomic E-state index is 0.0285. The molecular formula is C19H21N5O. The summed E-state index contributed by atoms with van der Waals surface area (Å²) in [5.74, 6) is -0.0285. The van der Waals surface area contributed by atoms with Gasteiger partial charge in [0.1, 0.15) is 5.69 Å². The molecule has 2 heterocycles. The van der Waals surface area contributed by atoms with Gasteiger partial charge in [0.05, 0.1) is 11.6 Å². The Labute approximate surface area is 147 Å². The number of nitrogens with zero attached hydrogens (tertiary/aromatic N) is 4. The van der Waals surface area contributed by atoms with E-state index in [-0.39, 0.29) is 5.91 Å². The van der Waals surface area contributed by atoms with Crippen LogP contribution in [0.4, 0.5) is 11.4 Å². The Balaban J connectivity index is 1.68. The van der Waals surface area contributed by atoms with Crippen molar-refractivity contribution in [3.8, 4) is 6.07 Å². The molecule has 1 aromatic carbocycles. The van der Waals surface area contributed by atoms with Gasteiger partial charge < -0.3 is 15.1 Å². The number of anilines is 2. The fourth-order valence-electron chi connectivity index (χ4n) is 2.85. The van der Waals surface area contributed by atoms with Crippen molar-refractivity contribution in [3.63, 3.8) is 0 Å². The second kappa shape index (κ2) is 7.77. The largest absolute Gasteiger partial charge is 0.355 e. The SMILES string of the molecule is CCN1CCN(C(=O)c2cc(Nc3ccc(C#N)cc3)ccn2)CC1. The fraction of sp³-hybridized carbons (Fsp3) is 0.316. The Morgan fingerprint density at radius 2 is 1.88 bits per heavy atom. The van der Waals surface area contributed by atoms with E-state index in [4.69, 9.17) is 5.26 Å². The first-order chi connectivity index (χ1) is 12.2. The zero-order chi connectivity index (χ0) is 17.6. The highest BCUT2D eigenvalue weighted by Crippen LogP contribution is 2.18. The molecule has 1 saturated heterocycles. The third-order valence-electron chi connectivity index (χ3n) is 4.39. The molecule has 0 atom stereocenters. The van der Waals surface area contributed by atoms with Crippen LogP contribution in [0.2, 0.25) is 0 Å². The molecule has 25 heavy (non-hydrogen) atoms. The van der Waals surface area contributed by atoms with Gasteiger partial charge in [0.15, 0.2) is 0 Å². The monoisotopic (exact) mass is 335 g/mol. The highest BCUT2D eigenvalue weighted by Gasteiger charge is 2.22. The van der Waals surface area contributed by atoms with Crippen LogP contribution in [0.5, 0.6) is 0 Å². The summed E-state index contributed by atoms with van der Waals surface area (Å²) in [5, 5.41) is 12.1. The zero-order valence-electron chi connectivity index (χ0n) is 14.3. The predicted octanol–water partition coefficient (Wildman–Crippen LogP) is 2.47. The molecule has 0 spiro atoms. The van der Waals surface area contributed by atoms with Crippen molar-refractivity contribution in [1.29, 1.82) is 5.26 Å². The number of rotatable bonds is 4. The summed E-state index contributed by atoms with van der Waals surface area (Å²) >= 11 is 0. The number of nitriles is 1. The van der Waals surface area contributed by atoms with Gasteiger partial charge in [0.25, 0.3) is 5.91 Å². The summed E-state index contributed by atoms with van der Waals surface area (Å²) in [6.07, 6.45) is 1.64. The maximum Gasteiger partial charge on any atom is 0.272 e. The third kappa shape index (κ3) is 4.14. The average molecular weight is 335 g/mol. The van der Waals surface area contributed by atoms with Crippen LogP contribution in [-0.2, 0) is 0 Å². The van der Waals surface area contributed by atoms with E-state index in [2.05, 4.69) is 28.2 Å². The molecule has 3 rings (SSSR count). The Hall–Kier alpha value is -2.91. The van der Waals surface area contributed by atoms with E-state index < -0.39 is 0 Å². The molecule has 0 bridgehead atoms. The lowest BCUT2D eigenvalue weighted by atomic mass is 10.2. The number of nitrogens with one attached hydrogen (secondary N) is 1. The summed E-state index contributed by atoms with van der Waals surface area (Å²) < 4.78 is 0. The summed E-state index contributed by atoms with van der Waals surface area (Å²) in [7, 11) is 0. The molecule has 128 valence electrons. The molecule has 0 radical (unpaired) electrons. The molecular weight excluding hydrogens is 314 g/mol. The van der Waals surface area contributed by atoms with Crippen molar-refractivity contribution in [2.45, 2.75) is 6.92 Å². The van der Waals surface area contributed by atoms with E-state index in [0.29, 0.717) is 11.3 Å². The second-order valence-corrected chi connectivity index (χ2v) is 5.97. The Bertz CT molecular complexity index is 773. The van der Waals surface area contributed by atoms with Crippen molar-refractivity contribution in [2.75, 3.05) is 38.0 Å². The lowest BCUT2D eigenvalue weighted by Crippen LogP contribution is -2.48. The maximum atomic E-state index is 12.7. The Kier molecular flexibility index (Phi) is 5.26. The van der Waals surface area contributed by atoms with Crippen LogP contribution in [0.1, 0.15) is 23.0 Å². The van der Waals surface area contributed by atoms with E-state index in [1.54, 1.807) is 24.4 Å². The predicted molar refractivity (Wildman–Crippen MR) is 96.7 cm³/mol. The van der Waals surface area contributed by atoms with E-state index in [1.807, 2.05) is 23.1 Å². The molecule has 6 nitrogen and oxygen atoms in total. The maximum absolute atomic E-state index is 12.7. The topological polar surface area (TPSA) is 72.3 Å². The van der Waals surface area contributed by atoms with E-state index >= 15 is 0 Å². The smallest absolute Gasteiger partial charge is 0.272 e. The van der Waals surface area contributed by atoms with E-state index in [0.717, 1.165) is 44.1 Å². The first-order valence-electron chi connectivity index (χ1n) is 8.44. The molecule has 0 aliphatic carbocycles. The van der Waals surface area contributed by atoms with Gasteiger partial charge in [-0.3, -0.25) is 9.78 Å². The van der Waals surface area contributed by atoms with Gasteiger partial charge in [-0.05, 0) is 42.9 Å². The average Bonchev–Trinajstić information content (AvgIpc) is 2.68. The van der Waals surface area contributed by atoms with Crippen molar-refractivity contribution in [3.05, 3.63) is 53.9 Å². The first-order valence-corrected chi connectivity index (χ1v) is 8.44. The number of carbonyl (C=O) groups is 1. The van der Waals surface area contributed by atoms with Gasteiger partial charge in [-0.25, -0.2) is 0 Å². The molecule has 2 aromatic rings. The molecule has 1 fully saturated rings.